The Hall–Kier alpha value is 0.360. The van der Waals surface area contributed by atoms with E-state index >= 15 is 0 Å². The molecule has 0 rings (SSSR count). The van der Waals surface area contributed by atoms with Gasteiger partial charge in [-0.3, -0.25) is 0 Å². The molecule has 1 N–H and O–H groups in total. The van der Waals surface area contributed by atoms with Gasteiger partial charge in [0.15, 0.2) is 0 Å². The first-order chi connectivity index (χ1) is 18.5. The van der Waals surface area contributed by atoms with Gasteiger partial charge in [0.05, 0.1) is 52.4 Å². The van der Waals surface area contributed by atoms with Crippen molar-refractivity contribution in [1.29, 1.82) is 0 Å². The second-order valence-corrected chi connectivity index (χ2v) is 12.7. The maximum absolute atomic E-state index is 2.34. The van der Waals surface area contributed by atoms with Crippen LogP contribution < -0.4 is 17.0 Å². The van der Waals surface area contributed by atoms with Crippen molar-refractivity contribution in [3.63, 3.8) is 0 Å². The number of unbranched alkanes of at least 4 members (excludes halogenated alkanes) is 12. The Labute approximate surface area is 266 Å². The molecule has 0 heterocycles. The molecule has 0 aliphatic rings. The maximum atomic E-state index is 2.34. The van der Waals surface area contributed by atoms with Gasteiger partial charge >= 0.3 is 0 Å². The number of nitrogens with zero attached hydrogens (tertiary/aromatic N) is 2. The van der Waals surface area contributed by atoms with Crippen LogP contribution in [-0.4, -0.2) is 66.8 Å². The summed E-state index contributed by atoms with van der Waals surface area (Å²) in [5, 5.41) is 0. The van der Waals surface area contributed by atoms with Gasteiger partial charge in [-0.05, 0) is 77.0 Å². The summed E-state index contributed by atoms with van der Waals surface area (Å²) in [5.41, 5.74) is 0. The fraction of sp³-hybridized carbons (Fsp3) is 1.00. The van der Waals surface area contributed by atoms with Crippen molar-refractivity contribution in [1.82, 2.24) is 0 Å². The first-order valence-corrected chi connectivity index (χ1v) is 18.2. The summed E-state index contributed by atoms with van der Waals surface area (Å²) in [6.45, 7) is 30.0. The summed E-state index contributed by atoms with van der Waals surface area (Å²) < 4.78 is 2.83. The highest BCUT2D eigenvalue weighted by molar-refractivity contribution is 4.53. The van der Waals surface area contributed by atoms with Crippen LogP contribution in [-0.2, 0) is 0 Å². The molecule has 0 atom stereocenters. The number of hydrogen-bond donors (Lipinski definition) is 0. The Balaban J connectivity index is -0.000000368. The summed E-state index contributed by atoms with van der Waals surface area (Å²) in [7, 11) is 0. The second-order valence-electron chi connectivity index (χ2n) is 12.7. The van der Waals surface area contributed by atoms with Gasteiger partial charge in [0.25, 0.3) is 0 Å². The van der Waals surface area contributed by atoms with Crippen molar-refractivity contribution < 1.29 is 31.4 Å². The molecule has 0 aliphatic carbocycles. The highest BCUT2D eigenvalue weighted by Crippen LogP contribution is 2.19. The Kier molecular flexibility index (Phi) is 42.0. The minimum absolute atomic E-state index is 0. The highest BCUT2D eigenvalue weighted by Gasteiger charge is 2.25. The molecule has 0 amide bonds. The monoisotopic (exact) mass is 637 g/mol. The molecule has 40 heavy (non-hydrogen) atoms. The summed E-state index contributed by atoms with van der Waals surface area (Å²) >= 11 is 0. The predicted molar refractivity (Wildman–Crippen MR) is 179 cm³/mol. The van der Waals surface area contributed by atoms with Crippen LogP contribution in [0.3, 0.4) is 0 Å². The topological polar surface area (TPSA) is 30.0 Å². The molecule has 0 aliphatic heterocycles. The van der Waals surface area contributed by atoms with Crippen molar-refractivity contribution in [2.24, 2.45) is 0 Å². The maximum Gasteiger partial charge on any atom is 0.0786 e. The van der Waals surface area contributed by atoms with Crippen LogP contribution in [0.1, 0.15) is 184 Å². The lowest BCUT2D eigenvalue weighted by atomic mass is 10.1. The smallest absolute Gasteiger partial charge is 0.0786 e. The van der Waals surface area contributed by atoms with E-state index in [1.54, 1.807) is 0 Å². The van der Waals surface area contributed by atoms with E-state index in [9.17, 15) is 0 Å². The molecule has 0 saturated carbocycles. The van der Waals surface area contributed by atoms with Crippen LogP contribution in [0.5, 0.6) is 0 Å². The van der Waals surface area contributed by atoms with Gasteiger partial charge in [0, 0.05) is 0 Å². The van der Waals surface area contributed by atoms with E-state index in [-0.39, 0.29) is 22.5 Å². The molecule has 0 aromatic heterocycles. The fourth-order valence-electron chi connectivity index (χ4n) is 6.73. The summed E-state index contributed by atoms with van der Waals surface area (Å²) in [6.07, 6.45) is 28.2. The highest BCUT2D eigenvalue weighted by atomic mass is 79.9. The Bertz CT molecular complexity index is 363. The molecule has 0 aromatic carbocycles. The normalized spacial score (nSPS) is 11.4. The molecule has 4 heteroatoms. The Morgan fingerprint density at radius 3 is 0.625 bits per heavy atom. The van der Waals surface area contributed by atoms with E-state index in [2.05, 4.69) is 55.4 Å². The van der Waals surface area contributed by atoms with Crippen LogP contribution in [0.2, 0.25) is 0 Å². The molecule has 3 nitrogen and oxygen atoms in total. The van der Waals surface area contributed by atoms with Crippen LogP contribution in [0.4, 0.5) is 0 Å². The molecule has 0 aromatic rings. The lowest BCUT2D eigenvalue weighted by molar-refractivity contribution is -0.929. The number of quaternary nitrogens is 2. The van der Waals surface area contributed by atoms with E-state index in [1.165, 1.54) is 190 Å². The van der Waals surface area contributed by atoms with Gasteiger partial charge < -0.3 is 31.4 Å². The zero-order valence-corrected chi connectivity index (χ0v) is 31.1. The van der Waals surface area contributed by atoms with Crippen LogP contribution in [0, 0.1) is 0 Å². The van der Waals surface area contributed by atoms with Crippen molar-refractivity contribution in [2.45, 2.75) is 184 Å². The molecule has 0 fully saturated rings. The van der Waals surface area contributed by atoms with Gasteiger partial charge in [-0.2, -0.15) is 0 Å². The largest absolute Gasteiger partial charge is 1.00 e. The Morgan fingerprint density at radius 2 is 0.450 bits per heavy atom. The average molecular weight is 638 g/mol. The molecular weight excluding hydrogens is 556 g/mol. The van der Waals surface area contributed by atoms with Gasteiger partial charge in [-0.1, -0.05) is 107 Å². The van der Waals surface area contributed by atoms with Crippen LogP contribution in [0.25, 0.3) is 0 Å². The first-order valence-electron chi connectivity index (χ1n) is 18.2. The third kappa shape index (κ3) is 27.2. The zero-order chi connectivity index (χ0) is 28.8. The van der Waals surface area contributed by atoms with E-state index in [0.29, 0.717) is 0 Å². The molecule has 0 radical (unpaired) electrons. The fourth-order valence-corrected chi connectivity index (χ4v) is 6.73. The van der Waals surface area contributed by atoms with Crippen molar-refractivity contribution >= 4 is 0 Å². The van der Waals surface area contributed by atoms with Gasteiger partial charge in [-0.25, -0.2) is 0 Å². The number of halogens is 1. The first kappa shape index (κ1) is 47.3. The standard InChI is InChI=1S/C24H52N.C12H28N.BrH.H2O/c1-5-9-13-17-21-25(22-18-14-10-6-2,23-19-15-11-7-3)24-20-16-12-8-4;1-5-9-13(10-6-2,11-7-3)12-8-4;;/h5-24H2,1-4H3;5-12H2,1-4H3;1H;1H2/q2*+1;;/p-2. The summed E-state index contributed by atoms with van der Waals surface area (Å²) in [6, 6.07) is 0. The molecular formula is C36H81BrN2O. The molecule has 248 valence electrons. The summed E-state index contributed by atoms with van der Waals surface area (Å²) in [4.78, 5) is 0. The van der Waals surface area contributed by atoms with E-state index in [4.69, 9.17) is 0 Å². The van der Waals surface area contributed by atoms with Crippen LogP contribution >= 0.6 is 0 Å². The minimum Gasteiger partial charge on any atom is -1.00 e. The zero-order valence-electron chi connectivity index (χ0n) is 29.5. The van der Waals surface area contributed by atoms with Gasteiger partial charge in [0.2, 0.25) is 0 Å². The van der Waals surface area contributed by atoms with Gasteiger partial charge in [0.1, 0.15) is 0 Å². The molecule has 0 unspecified atom stereocenters. The lowest BCUT2D eigenvalue weighted by Gasteiger charge is -2.39. The quantitative estimate of drug-likeness (QED) is 0.0626. The second kappa shape index (κ2) is 35.6. The van der Waals surface area contributed by atoms with Crippen LogP contribution in [0.15, 0.2) is 0 Å². The van der Waals surface area contributed by atoms with Gasteiger partial charge in [-0.15, -0.1) is 0 Å². The van der Waals surface area contributed by atoms with Crippen molar-refractivity contribution in [3.8, 4) is 0 Å². The van der Waals surface area contributed by atoms with Crippen molar-refractivity contribution in [2.75, 3.05) is 52.4 Å². The third-order valence-corrected chi connectivity index (χ3v) is 8.74. The van der Waals surface area contributed by atoms with Crippen molar-refractivity contribution in [3.05, 3.63) is 0 Å². The Morgan fingerprint density at radius 1 is 0.250 bits per heavy atom. The lowest BCUT2D eigenvalue weighted by Crippen LogP contribution is -3.00. The molecule has 0 spiro atoms. The molecule has 0 saturated heterocycles. The number of hydrogen-bond acceptors (Lipinski definition) is 1. The SMILES string of the molecule is CCCCCC[N+](CCCCCC)(CCCCCC)CCCCCC.CCC[N+](CCC)(CCC)CCC.[Br-].[OH-]. The third-order valence-electron chi connectivity index (χ3n) is 8.74. The average Bonchev–Trinajstić information content (AvgIpc) is 2.90. The number of rotatable bonds is 28. The van der Waals surface area contributed by atoms with E-state index < -0.39 is 0 Å². The predicted octanol–water partition coefficient (Wildman–Crippen LogP) is 8.39. The van der Waals surface area contributed by atoms with E-state index in [0.717, 1.165) is 0 Å². The van der Waals surface area contributed by atoms with E-state index in [1.807, 2.05) is 0 Å². The molecule has 0 bridgehead atoms. The minimum atomic E-state index is 0. The summed E-state index contributed by atoms with van der Waals surface area (Å²) in [5.74, 6) is 0.